The van der Waals surface area contributed by atoms with Gasteiger partial charge in [0.1, 0.15) is 18.4 Å². The number of nitrogens with zero attached hydrogens (tertiary/aromatic N) is 4. The molecule has 0 aliphatic heterocycles. The van der Waals surface area contributed by atoms with Gasteiger partial charge in [-0.2, -0.15) is 0 Å². The summed E-state index contributed by atoms with van der Waals surface area (Å²) >= 11 is 0. The van der Waals surface area contributed by atoms with Gasteiger partial charge in [0.2, 0.25) is 11.9 Å². The number of nitrogens with one attached hydrogen (secondary N) is 1. The van der Waals surface area contributed by atoms with Crippen LogP contribution in [-0.4, -0.2) is 45.3 Å². The molecule has 8 nitrogen and oxygen atoms in total. The Morgan fingerprint density at radius 2 is 2.11 bits per heavy atom. The molecule has 1 atom stereocenters. The Morgan fingerprint density at radius 1 is 1.56 bits per heavy atom. The van der Waals surface area contributed by atoms with Crippen molar-refractivity contribution < 1.29 is 9.72 Å². The number of rotatable bonds is 5. The molecule has 0 bridgehead atoms. The first-order valence-electron chi connectivity index (χ1n) is 5.43. The van der Waals surface area contributed by atoms with Crippen LogP contribution in [0.2, 0.25) is 0 Å². The van der Waals surface area contributed by atoms with Crippen molar-refractivity contribution in [3.05, 3.63) is 22.5 Å². The molecule has 98 valence electrons. The zero-order valence-electron chi connectivity index (χ0n) is 10.5. The molecule has 0 saturated heterocycles. The fraction of sp³-hybridized carbons (Fsp3) is 0.500. The summed E-state index contributed by atoms with van der Waals surface area (Å²) in [5.41, 5.74) is -0.190. The molecule has 0 spiro atoms. The number of hydrogen-bond donors (Lipinski definition) is 1. The van der Waals surface area contributed by atoms with Gasteiger partial charge in [-0.15, -0.1) is 0 Å². The van der Waals surface area contributed by atoms with E-state index in [9.17, 15) is 14.9 Å². The van der Waals surface area contributed by atoms with Crippen LogP contribution in [0.25, 0.3) is 0 Å². The van der Waals surface area contributed by atoms with E-state index in [1.807, 2.05) is 6.92 Å². The van der Waals surface area contributed by atoms with Crippen molar-refractivity contribution >= 4 is 17.5 Å². The molecule has 0 aromatic carbocycles. The molecule has 0 radical (unpaired) electrons. The Kier molecular flexibility index (Phi) is 4.52. The van der Waals surface area contributed by atoms with E-state index in [1.165, 1.54) is 0 Å². The maximum Gasteiger partial charge on any atom is 0.305 e. The van der Waals surface area contributed by atoms with Crippen molar-refractivity contribution in [3.63, 3.8) is 0 Å². The summed E-state index contributed by atoms with van der Waals surface area (Å²) in [7, 11) is 1.69. The largest absolute Gasteiger partial charge is 0.344 e. The molecule has 1 rings (SSSR count). The van der Waals surface area contributed by atoms with Crippen LogP contribution in [0.15, 0.2) is 12.4 Å². The highest BCUT2D eigenvalue weighted by atomic mass is 16.6. The number of carbonyl (C=O) groups is 1. The minimum atomic E-state index is -0.580. The molecule has 0 saturated carbocycles. The normalized spacial score (nSPS) is 11.7. The summed E-state index contributed by atoms with van der Waals surface area (Å²) in [6.07, 6.45) is 2.19. The second-order valence-electron chi connectivity index (χ2n) is 3.74. The molecule has 1 aromatic rings. The lowest BCUT2D eigenvalue weighted by atomic mass is 10.3. The predicted molar refractivity (Wildman–Crippen MR) is 65.1 cm³/mol. The van der Waals surface area contributed by atoms with Gasteiger partial charge in [0.05, 0.1) is 4.92 Å². The van der Waals surface area contributed by atoms with Gasteiger partial charge in [0.25, 0.3) is 0 Å². The average Bonchev–Trinajstić information content (AvgIpc) is 2.37. The molecule has 0 aliphatic rings. The lowest BCUT2D eigenvalue weighted by Crippen LogP contribution is -2.39. The van der Waals surface area contributed by atoms with E-state index in [1.54, 1.807) is 18.9 Å². The topological polar surface area (TPSA) is 101 Å². The lowest BCUT2D eigenvalue weighted by Gasteiger charge is -2.20. The van der Waals surface area contributed by atoms with Crippen molar-refractivity contribution in [2.45, 2.75) is 19.9 Å². The number of carbonyl (C=O) groups excluding carboxylic acids is 1. The fourth-order valence-electron chi connectivity index (χ4n) is 1.23. The first kappa shape index (κ1) is 13.8. The van der Waals surface area contributed by atoms with Gasteiger partial charge in [0, 0.05) is 13.6 Å². The average molecular weight is 253 g/mol. The van der Waals surface area contributed by atoms with Crippen LogP contribution in [0, 0.1) is 10.1 Å². The van der Waals surface area contributed by atoms with Gasteiger partial charge < -0.3 is 10.2 Å². The Labute approximate surface area is 104 Å². The van der Waals surface area contributed by atoms with Crippen LogP contribution < -0.4 is 5.32 Å². The molecule has 8 heteroatoms. The van der Waals surface area contributed by atoms with Crippen molar-refractivity contribution in [1.82, 2.24) is 14.9 Å². The SMILES string of the molecule is CCN(C)C(=O)C(C)Nc1ncc([N+](=O)[O-])cn1. The van der Waals surface area contributed by atoms with E-state index in [0.717, 1.165) is 12.4 Å². The van der Waals surface area contributed by atoms with Gasteiger partial charge in [-0.3, -0.25) is 14.9 Å². The second kappa shape index (κ2) is 5.89. The van der Waals surface area contributed by atoms with E-state index < -0.39 is 11.0 Å². The van der Waals surface area contributed by atoms with E-state index in [0.29, 0.717) is 6.54 Å². The third-order valence-electron chi connectivity index (χ3n) is 2.42. The summed E-state index contributed by atoms with van der Waals surface area (Å²) in [6, 6.07) is -0.489. The maximum atomic E-state index is 11.8. The van der Waals surface area contributed by atoms with Crippen molar-refractivity contribution in [2.24, 2.45) is 0 Å². The van der Waals surface area contributed by atoms with Crippen LogP contribution in [0.5, 0.6) is 0 Å². The number of hydrogen-bond acceptors (Lipinski definition) is 6. The molecule has 1 unspecified atom stereocenters. The molecular formula is C10H15N5O3. The molecule has 1 amide bonds. The maximum absolute atomic E-state index is 11.8. The number of amides is 1. The molecule has 18 heavy (non-hydrogen) atoms. The minimum absolute atomic E-state index is 0.0977. The monoisotopic (exact) mass is 253 g/mol. The highest BCUT2D eigenvalue weighted by Gasteiger charge is 2.17. The number of aromatic nitrogens is 2. The van der Waals surface area contributed by atoms with E-state index in [-0.39, 0.29) is 17.5 Å². The summed E-state index contributed by atoms with van der Waals surface area (Å²) < 4.78 is 0. The molecule has 0 fully saturated rings. The van der Waals surface area contributed by atoms with Gasteiger partial charge in [-0.25, -0.2) is 9.97 Å². The van der Waals surface area contributed by atoms with E-state index in [4.69, 9.17) is 0 Å². The van der Waals surface area contributed by atoms with Crippen LogP contribution >= 0.6 is 0 Å². The highest BCUT2D eigenvalue weighted by molar-refractivity contribution is 5.83. The van der Waals surface area contributed by atoms with Gasteiger partial charge in [-0.1, -0.05) is 0 Å². The molecule has 1 heterocycles. The van der Waals surface area contributed by atoms with Gasteiger partial charge >= 0.3 is 5.69 Å². The Hall–Kier alpha value is -2.25. The smallest absolute Gasteiger partial charge is 0.305 e. The number of anilines is 1. The van der Waals surface area contributed by atoms with Crippen LogP contribution in [0.3, 0.4) is 0 Å². The van der Waals surface area contributed by atoms with Crippen LogP contribution in [-0.2, 0) is 4.79 Å². The summed E-state index contributed by atoms with van der Waals surface area (Å²) in [6.45, 7) is 4.15. The molecule has 1 N–H and O–H groups in total. The van der Waals surface area contributed by atoms with E-state index in [2.05, 4.69) is 15.3 Å². The Bertz CT molecular complexity index is 434. The Balaban J connectivity index is 2.67. The summed E-state index contributed by atoms with van der Waals surface area (Å²) in [5, 5.41) is 13.2. The first-order chi connectivity index (χ1) is 8.45. The molecular weight excluding hydrogens is 238 g/mol. The number of likely N-dealkylation sites (N-methyl/N-ethyl adjacent to an activating group) is 1. The predicted octanol–water partition coefficient (Wildman–Crippen LogP) is 0.663. The summed E-state index contributed by atoms with van der Waals surface area (Å²) in [4.78, 5) is 30.7. The third-order valence-corrected chi connectivity index (χ3v) is 2.42. The van der Waals surface area contributed by atoms with Gasteiger partial charge in [-0.05, 0) is 13.8 Å². The third kappa shape index (κ3) is 3.37. The van der Waals surface area contributed by atoms with Crippen LogP contribution in [0.4, 0.5) is 11.6 Å². The van der Waals surface area contributed by atoms with Crippen molar-refractivity contribution in [2.75, 3.05) is 18.9 Å². The minimum Gasteiger partial charge on any atom is -0.344 e. The standard InChI is InChI=1S/C10H15N5O3/c1-4-14(3)9(16)7(2)13-10-11-5-8(6-12-10)15(17)18/h5-7H,4H2,1-3H3,(H,11,12,13). The second-order valence-corrected chi connectivity index (χ2v) is 3.74. The van der Waals surface area contributed by atoms with E-state index >= 15 is 0 Å². The quantitative estimate of drug-likeness (QED) is 0.611. The molecule has 0 aliphatic carbocycles. The zero-order chi connectivity index (χ0) is 13.7. The van der Waals surface area contributed by atoms with Gasteiger partial charge in [0.15, 0.2) is 0 Å². The zero-order valence-corrected chi connectivity index (χ0v) is 10.5. The van der Waals surface area contributed by atoms with Crippen LogP contribution in [0.1, 0.15) is 13.8 Å². The Morgan fingerprint density at radius 3 is 2.56 bits per heavy atom. The molecule has 1 aromatic heterocycles. The summed E-state index contributed by atoms with van der Waals surface area (Å²) in [5.74, 6) is 0.0883. The van der Waals surface area contributed by atoms with Crippen molar-refractivity contribution in [1.29, 1.82) is 0 Å². The fourth-order valence-corrected chi connectivity index (χ4v) is 1.23. The highest BCUT2D eigenvalue weighted by Crippen LogP contribution is 2.09. The lowest BCUT2D eigenvalue weighted by molar-refractivity contribution is -0.385. The van der Waals surface area contributed by atoms with Crippen molar-refractivity contribution in [3.8, 4) is 0 Å². The number of nitro groups is 1. The first-order valence-corrected chi connectivity index (χ1v) is 5.43.